The van der Waals surface area contributed by atoms with Gasteiger partial charge < -0.3 is 4.74 Å². The van der Waals surface area contributed by atoms with E-state index >= 15 is 0 Å². The number of rotatable bonds is 2. The van der Waals surface area contributed by atoms with Crippen LogP contribution in [-0.2, 0) is 6.42 Å². The van der Waals surface area contributed by atoms with Gasteiger partial charge in [0.1, 0.15) is 5.82 Å². The average molecular weight is 183 g/mol. The average Bonchev–Trinajstić information content (AvgIpc) is 2.11. The fraction of sp³-hybridized carbons (Fsp3) is 0.222. The Balaban J connectivity index is 3.14. The van der Waals surface area contributed by atoms with E-state index in [0.717, 1.165) is 12.1 Å². The van der Waals surface area contributed by atoms with Crippen LogP contribution in [-0.4, -0.2) is 7.11 Å². The van der Waals surface area contributed by atoms with Crippen LogP contribution in [0.5, 0.6) is 5.75 Å². The van der Waals surface area contributed by atoms with Gasteiger partial charge in [0.15, 0.2) is 11.6 Å². The molecule has 2 nitrogen and oxygen atoms in total. The Labute approximate surface area is 74.4 Å². The summed E-state index contributed by atoms with van der Waals surface area (Å²) in [5, 5.41) is 8.29. The van der Waals surface area contributed by atoms with Gasteiger partial charge in [0, 0.05) is 11.6 Å². The number of nitrogens with zero attached hydrogens (tertiary/aromatic N) is 1. The Morgan fingerprint density at radius 3 is 2.62 bits per heavy atom. The molecule has 0 saturated carbocycles. The van der Waals surface area contributed by atoms with Gasteiger partial charge in [-0.05, 0) is 6.07 Å². The smallest absolute Gasteiger partial charge is 0.165 e. The fourth-order valence-corrected chi connectivity index (χ4v) is 0.947. The van der Waals surface area contributed by atoms with Gasteiger partial charge in [-0.2, -0.15) is 5.26 Å². The topological polar surface area (TPSA) is 33.0 Å². The van der Waals surface area contributed by atoms with Crippen molar-refractivity contribution in [3.63, 3.8) is 0 Å². The molecule has 13 heavy (non-hydrogen) atoms. The summed E-state index contributed by atoms with van der Waals surface area (Å²) in [7, 11) is 1.25. The van der Waals surface area contributed by atoms with Gasteiger partial charge in [-0.25, -0.2) is 8.78 Å². The van der Waals surface area contributed by atoms with Crippen LogP contribution < -0.4 is 4.74 Å². The van der Waals surface area contributed by atoms with E-state index in [1.807, 2.05) is 0 Å². The fourth-order valence-electron chi connectivity index (χ4n) is 0.947. The second kappa shape index (κ2) is 3.85. The van der Waals surface area contributed by atoms with Crippen molar-refractivity contribution in [2.45, 2.75) is 6.42 Å². The van der Waals surface area contributed by atoms with Crippen LogP contribution >= 0.6 is 0 Å². The molecule has 0 aliphatic heterocycles. The van der Waals surface area contributed by atoms with Crippen molar-refractivity contribution in [1.29, 1.82) is 5.26 Å². The van der Waals surface area contributed by atoms with Gasteiger partial charge in [-0.3, -0.25) is 0 Å². The monoisotopic (exact) mass is 183 g/mol. The molecule has 0 aliphatic carbocycles. The predicted octanol–water partition coefficient (Wildman–Crippen LogP) is 2.04. The molecule has 0 bridgehead atoms. The van der Waals surface area contributed by atoms with Crippen molar-refractivity contribution in [1.82, 2.24) is 0 Å². The maximum atomic E-state index is 13.0. The first-order chi connectivity index (χ1) is 6.19. The normalized spacial score (nSPS) is 9.38. The summed E-state index contributed by atoms with van der Waals surface area (Å²) in [6, 6.07) is 3.64. The highest BCUT2D eigenvalue weighted by Gasteiger charge is 2.09. The van der Waals surface area contributed by atoms with E-state index < -0.39 is 11.6 Å². The minimum Gasteiger partial charge on any atom is -0.494 e. The molecule has 0 amide bonds. The van der Waals surface area contributed by atoms with E-state index in [4.69, 9.17) is 5.26 Å². The third kappa shape index (κ3) is 1.94. The van der Waals surface area contributed by atoms with Crippen LogP contribution in [0.4, 0.5) is 8.78 Å². The number of hydrogen-bond donors (Lipinski definition) is 0. The number of nitriles is 1. The lowest BCUT2D eigenvalue weighted by Crippen LogP contribution is -1.94. The second-order valence-corrected chi connectivity index (χ2v) is 2.41. The largest absolute Gasteiger partial charge is 0.494 e. The molecule has 0 aromatic heterocycles. The summed E-state index contributed by atoms with van der Waals surface area (Å²) in [5.74, 6) is -1.44. The SMILES string of the molecule is COc1cc(F)c(CC#N)cc1F. The summed E-state index contributed by atoms with van der Waals surface area (Å²) < 4.78 is 30.5. The van der Waals surface area contributed by atoms with E-state index in [-0.39, 0.29) is 17.7 Å². The Morgan fingerprint density at radius 2 is 2.08 bits per heavy atom. The van der Waals surface area contributed by atoms with E-state index in [1.54, 1.807) is 6.07 Å². The molecule has 68 valence electrons. The minimum absolute atomic E-state index is 0.0424. The maximum absolute atomic E-state index is 13.0. The number of methoxy groups -OCH3 is 1. The van der Waals surface area contributed by atoms with E-state index in [2.05, 4.69) is 4.74 Å². The third-order valence-corrected chi connectivity index (χ3v) is 1.59. The van der Waals surface area contributed by atoms with Gasteiger partial charge in [0.25, 0.3) is 0 Å². The molecule has 0 N–H and O–H groups in total. The van der Waals surface area contributed by atoms with Crippen LogP contribution in [0.1, 0.15) is 5.56 Å². The van der Waals surface area contributed by atoms with Crippen LogP contribution in [0.2, 0.25) is 0 Å². The molecule has 0 heterocycles. The van der Waals surface area contributed by atoms with Crippen LogP contribution in [0.15, 0.2) is 12.1 Å². The van der Waals surface area contributed by atoms with Crippen molar-refractivity contribution in [3.8, 4) is 11.8 Å². The molecule has 0 radical (unpaired) electrons. The molecule has 4 heteroatoms. The van der Waals surface area contributed by atoms with Gasteiger partial charge in [-0.15, -0.1) is 0 Å². The molecule has 1 rings (SSSR count). The minimum atomic E-state index is -0.658. The highest BCUT2D eigenvalue weighted by atomic mass is 19.1. The standard InChI is InChI=1S/C9H7F2NO/c1-13-9-5-7(10)6(2-3-12)4-8(9)11/h4-5H,2H2,1H3. The van der Waals surface area contributed by atoms with Gasteiger partial charge in [0.2, 0.25) is 0 Å². The van der Waals surface area contributed by atoms with Gasteiger partial charge >= 0.3 is 0 Å². The number of hydrogen-bond acceptors (Lipinski definition) is 2. The molecule has 0 saturated heterocycles. The summed E-state index contributed by atoms with van der Waals surface area (Å²) in [6.07, 6.45) is -0.146. The number of ether oxygens (including phenoxy) is 1. The van der Waals surface area contributed by atoms with Crippen molar-refractivity contribution < 1.29 is 13.5 Å². The molecular weight excluding hydrogens is 176 g/mol. The number of halogens is 2. The second-order valence-electron chi connectivity index (χ2n) is 2.41. The summed E-state index contributed by atoms with van der Waals surface area (Å²) in [5.41, 5.74) is 0.0424. The van der Waals surface area contributed by atoms with E-state index in [0.29, 0.717) is 0 Å². The quantitative estimate of drug-likeness (QED) is 0.702. The Hall–Kier alpha value is -1.63. The Bertz CT molecular complexity index is 357. The first-order valence-electron chi connectivity index (χ1n) is 3.58. The summed E-state index contributed by atoms with van der Waals surface area (Å²) in [6.45, 7) is 0. The van der Waals surface area contributed by atoms with E-state index in [1.165, 1.54) is 7.11 Å². The highest BCUT2D eigenvalue weighted by Crippen LogP contribution is 2.21. The zero-order valence-corrected chi connectivity index (χ0v) is 6.97. The number of benzene rings is 1. The van der Waals surface area contributed by atoms with Crippen LogP contribution in [0.25, 0.3) is 0 Å². The Morgan fingerprint density at radius 1 is 1.38 bits per heavy atom. The van der Waals surface area contributed by atoms with Crippen molar-refractivity contribution in [2.24, 2.45) is 0 Å². The first-order valence-corrected chi connectivity index (χ1v) is 3.58. The van der Waals surface area contributed by atoms with Gasteiger partial charge in [0.05, 0.1) is 19.6 Å². The molecule has 0 unspecified atom stereocenters. The van der Waals surface area contributed by atoms with Crippen molar-refractivity contribution in [2.75, 3.05) is 7.11 Å². The van der Waals surface area contributed by atoms with Crippen molar-refractivity contribution in [3.05, 3.63) is 29.3 Å². The third-order valence-electron chi connectivity index (χ3n) is 1.59. The lowest BCUT2D eigenvalue weighted by molar-refractivity contribution is 0.382. The predicted molar refractivity (Wildman–Crippen MR) is 42.2 cm³/mol. The first kappa shape index (κ1) is 9.46. The van der Waals surface area contributed by atoms with Crippen LogP contribution in [0.3, 0.4) is 0 Å². The zero-order chi connectivity index (χ0) is 9.84. The lowest BCUT2D eigenvalue weighted by atomic mass is 10.1. The summed E-state index contributed by atoms with van der Waals surface area (Å²) in [4.78, 5) is 0. The lowest BCUT2D eigenvalue weighted by Gasteiger charge is -2.03. The molecule has 0 aliphatic rings. The molecule has 0 fully saturated rings. The van der Waals surface area contributed by atoms with E-state index in [9.17, 15) is 8.78 Å². The molecule has 1 aromatic carbocycles. The Kier molecular flexibility index (Phi) is 2.80. The van der Waals surface area contributed by atoms with Gasteiger partial charge in [-0.1, -0.05) is 0 Å². The van der Waals surface area contributed by atoms with Crippen LogP contribution in [0, 0.1) is 23.0 Å². The molecule has 1 aromatic rings. The molecule has 0 spiro atoms. The maximum Gasteiger partial charge on any atom is 0.165 e. The zero-order valence-electron chi connectivity index (χ0n) is 6.97. The molecular formula is C9H7F2NO. The highest BCUT2D eigenvalue weighted by molar-refractivity contribution is 5.32. The van der Waals surface area contributed by atoms with Crippen molar-refractivity contribution >= 4 is 0 Å². The summed E-state index contributed by atoms with van der Waals surface area (Å²) >= 11 is 0. The molecule has 0 atom stereocenters.